The second-order valence-corrected chi connectivity index (χ2v) is 9.04. The van der Waals surface area contributed by atoms with E-state index in [-0.39, 0.29) is 43.9 Å². The average molecular weight is 428 g/mol. The molecule has 1 aliphatic rings. The minimum absolute atomic E-state index is 0.117. The standard InChI is InChI=1S/C22H23NO3Se/c1-2-3-5-10-16(15-20(24)27-17-11-6-4-7-12-17)23-21(25)18-13-8-9-14-19(18)22(23)26/h4,6-9,11-14,16H,2-3,5,10,15H2,1H3. The number of carbonyl (C=O) groups is 3. The van der Waals surface area contributed by atoms with Crippen molar-refractivity contribution < 1.29 is 14.4 Å². The fourth-order valence-electron chi connectivity index (χ4n) is 3.35. The van der Waals surface area contributed by atoms with Gasteiger partial charge in [0, 0.05) is 0 Å². The van der Waals surface area contributed by atoms with Gasteiger partial charge in [-0.2, -0.15) is 0 Å². The van der Waals surface area contributed by atoms with Crippen LogP contribution in [0.1, 0.15) is 59.7 Å². The molecule has 0 aromatic heterocycles. The molecule has 0 aliphatic carbocycles. The Balaban J connectivity index is 1.76. The van der Waals surface area contributed by atoms with E-state index >= 15 is 0 Å². The number of rotatable bonds is 9. The zero-order chi connectivity index (χ0) is 19.2. The van der Waals surface area contributed by atoms with Gasteiger partial charge in [0.1, 0.15) is 0 Å². The van der Waals surface area contributed by atoms with Crippen LogP contribution in [0, 0.1) is 0 Å². The van der Waals surface area contributed by atoms with Crippen LogP contribution in [0.15, 0.2) is 54.6 Å². The molecule has 1 atom stereocenters. The first-order chi connectivity index (χ1) is 13.1. The zero-order valence-corrected chi connectivity index (χ0v) is 17.1. The van der Waals surface area contributed by atoms with E-state index in [4.69, 9.17) is 0 Å². The Hall–Kier alpha value is -2.23. The van der Waals surface area contributed by atoms with Crippen molar-refractivity contribution in [1.29, 1.82) is 0 Å². The Labute approximate surface area is 166 Å². The second kappa shape index (κ2) is 9.11. The van der Waals surface area contributed by atoms with E-state index in [1.807, 2.05) is 30.3 Å². The molecule has 5 heteroatoms. The van der Waals surface area contributed by atoms with Gasteiger partial charge in [0.25, 0.3) is 0 Å². The normalized spacial score (nSPS) is 14.3. The van der Waals surface area contributed by atoms with Crippen LogP contribution in [-0.2, 0) is 4.79 Å². The summed E-state index contributed by atoms with van der Waals surface area (Å²) in [7, 11) is 0. The van der Waals surface area contributed by atoms with E-state index in [2.05, 4.69) is 6.92 Å². The van der Waals surface area contributed by atoms with E-state index in [0.717, 1.165) is 23.7 Å². The SMILES string of the molecule is CCCCCC(CC(=O)[Se]c1ccccc1)N1C(=O)c2ccccc2C1=O. The summed E-state index contributed by atoms with van der Waals surface area (Å²) in [4.78, 5) is 39.6. The Morgan fingerprint density at radius 1 is 0.926 bits per heavy atom. The van der Waals surface area contributed by atoms with Gasteiger partial charge < -0.3 is 0 Å². The van der Waals surface area contributed by atoms with Crippen molar-refractivity contribution in [2.75, 3.05) is 0 Å². The van der Waals surface area contributed by atoms with Crippen LogP contribution in [0.4, 0.5) is 0 Å². The van der Waals surface area contributed by atoms with Crippen molar-refractivity contribution in [3.63, 3.8) is 0 Å². The van der Waals surface area contributed by atoms with Crippen LogP contribution in [0.25, 0.3) is 0 Å². The third kappa shape index (κ3) is 4.55. The molecule has 1 unspecified atom stereocenters. The summed E-state index contributed by atoms with van der Waals surface area (Å²) in [5.41, 5.74) is 0.896. The third-order valence-electron chi connectivity index (χ3n) is 4.71. The van der Waals surface area contributed by atoms with Crippen LogP contribution in [0.5, 0.6) is 0 Å². The molecule has 140 valence electrons. The van der Waals surface area contributed by atoms with E-state index in [1.165, 1.54) is 4.90 Å². The first-order valence-electron chi connectivity index (χ1n) is 9.34. The molecule has 27 heavy (non-hydrogen) atoms. The number of hydrogen-bond acceptors (Lipinski definition) is 3. The maximum absolute atomic E-state index is 12.8. The zero-order valence-electron chi connectivity index (χ0n) is 15.4. The van der Waals surface area contributed by atoms with E-state index in [0.29, 0.717) is 17.5 Å². The summed E-state index contributed by atoms with van der Waals surface area (Å²) >= 11 is -0.303. The van der Waals surface area contributed by atoms with Gasteiger partial charge in [-0.05, 0) is 0 Å². The topological polar surface area (TPSA) is 54.5 Å². The van der Waals surface area contributed by atoms with Gasteiger partial charge in [-0.15, -0.1) is 0 Å². The van der Waals surface area contributed by atoms with E-state index in [1.54, 1.807) is 24.3 Å². The maximum atomic E-state index is 12.8. The van der Waals surface area contributed by atoms with Crippen molar-refractivity contribution in [2.45, 2.75) is 45.1 Å². The molecular formula is C22H23NO3Se. The molecule has 0 radical (unpaired) electrons. The van der Waals surface area contributed by atoms with Gasteiger partial charge in [-0.1, -0.05) is 0 Å². The molecule has 1 aliphatic heterocycles. The number of hydrogen-bond donors (Lipinski definition) is 0. The van der Waals surface area contributed by atoms with Gasteiger partial charge in [-0.3, -0.25) is 0 Å². The number of unbranched alkanes of at least 4 members (excludes halogenated alkanes) is 2. The van der Waals surface area contributed by atoms with Crippen molar-refractivity contribution in [2.24, 2.45) is 0 Å². The minimum atomic E-state index is -0.359. The molecule has 2 aromatic carbocycles. The molecule has 0 saturated heterocycles. The van der Waals surface area contributed by atoms with Crippen LogP contribution in [0.2, 0.25) is 0 Å². The Bertz CT molecular complexity index is 799. The molecule has 0 saturated carbocycles. The summed E-state index contributed by atoms with van der Waals surface area (Å²) < 4.78 is 1.14. The van der Waals surface area contributed by atoms with Gasteiger partial charge >= 0.3 is 166 Å². The number of benzene rings is 2. The molecule has 2 amide bonds. The van der Waals surface area contributed by atoms with Crippen LogP contribution >= 0.6 is 0 Å². The monoisotopic (exact) mass is 429 g/mol. The second-order valence-electron chi connectivity index (χ2n) is 6.67. The number of nitrogens with zero attached hydrogens (tertiary/aromatic N) is 1. The Morgan fingerprint density at radius 2 is 1.52 bits per heavy atom. The van der Waals surface area contributed by atoms with Gasteiger partial charge in [0.2, 0.25) is 0 Å². The molecule has 1 heterocycles. The number of imide groups is 1. The van der Waals surface area contributed by atoms with Crippen molar-refractivity contribution in [3.8, 4) is 0 Å². The fraction of sp³-hybridized carbons (Fsp3) is 0.318. The van der Waals surface area contributed by atoms with Crippen LogP contribution in [-0.4, -0.2) is 42.4 Å². The molecule has 4 nitrogen and oxygen atoms in total. The van der Waals surface area contributed by atoms with Crippen LogP contribution in [0.3, 0.4) is 0 Å². The number of carbonyl (C=O) groups excluding carboxylic acids is 3. The van der Waals surface area contributed by atoms with Gasteiger partial charge in [-0.25, -0.2) is 0 Å². The van der Waals surface area contributed by atoms with E-state index < -0.39 is 0 Å². The van der Waals surface area contributed by atoms with Gasteiger partial charge in [0.05, 0.1) is 0 Å². The summed E-state index contributed by atoms with van der Waals surface area (Å²) in [6.07, 6.45) is 3.90. The predicted octanol–water partition coefficient (Wildman–Crippen LogP) is 3.18. The molecule has 3 rings (SSSR count). The molecule has 0 bridgehead atoms. The Morgan fingerprint density at radius 3 is 2.11 bits per heavy atom. The summed E-state index contributed by atoms with van der Waals surface area (Å²) in [6.45, 7) is 2.11. The Kier molecular flexibility index (Phi) is 6.59. The van der Waals surface area contributed by atoms with E-state index in [9.17, 15) is 14.4 Å². The molecule has 0 spiro atoms. The summed E-state index contributed by atoms with van der Waals surface area (Å²) in [6, 6.07) is 16.2. The molecule has 2 aromatic rings. The third-order valence-corrected chi connectivity index (χ3v) is 6.60. The molecular weight excluding hydrogens is 405 g/mol. The van der Waals surface area contributed by atoms with Crippen LogP contribution < -0.4 is 4.46 Å². The molecule has 0 N–H and O–H groups in total. The number of amides is 2. The summed E-state index contributed by atoms with van der Waals surface area (Å²) in [5, 5.41) is 0. The molecule has 0 fully saturated rings. The number of fused-ring (bicyclic) bond motifs is 1. The average Bonchev–Trinajstić information content (AvgIpc) is 2.93. The fourth-order valence-corrected chi connectivity index (χ4v) is 5.09. The van der Waals surface area contributed by atoms with Crippen molar-refractivity contribution in [1.82, 2.24) is 4.90 Å². The first kappa shape index (κ1) is 19.5. The summed E-state index contributed by atoms with van der Waals surface area (Å²) in [5.74, 6) is -0.533. The van der Waals surface area contributed by atoms with Crippen molar-refractivity contribution >= 4 is 35.9 Å². The quantitative estimate of drug-likeness (QED) is 0.350. The van der Waals surface area contributed by atoms with Gasteiger partial charge in [0.15, 0.2) is 0 Å². The predicted molar refractivity (Wildman–Crippen MR) is 106 cm³/mol. The first-order valence-corrected chi connectivity index (χ1v) is 11.1. The van der Waals surface area contributed by atoms with Crippen molar-refractivity contribution in [3.05, 3.63) is 65.7 Å².